The molecule has 102 valence electrons. The van der Waals surface area contributed by atoms with E-state index in [1.54, 1.807) is 0 Å². The zero-order valence-electron chi connectivity index (χ0n) is 11.7. The van der Waals surface area contributed by atoms with Crippen LogP contribution in [0.5, 0.6) is 0 Å². The highest BCUT2D eigenvalue weighted by Gasteiger charge is 2.06. The van der Waals surface area contributed by atoms with Crippen LogP contribution in [0.15, 0.2) is 30.7 Å². The van der Waals surface area contributed by atoms with Gasteiger partial charge in [-0.3, -0.25) is 4.57 Å². The maximum Gasteiger partial charge on any atom is 0.137 e. The Morgan fingerprint density at radius 3 is 2.74 bits per heavy atom. The number of rotatable bonds is 6. The molecular weight excluding hydrogens is 236 g/mol. The van der Waals surface area contributed by atoms with E-state index in [2.05, 4.69) is 29.9 Å². The summed E-state index contributed by atoms with van der Waals surface area (Å²) in [5.74, 6) is 1.99. The normalized spacial score (nSPS) is 12.6. The summed E-state index contributed by atoms with van der Waals surface area (Å²) in [5.41, 5.74) is 7.15. The first-order valence-electron chi connectivity index (χ1n) is 6.97. The number of hydrogen-bond donors (Lipinski definition) is 1. The zero-order chi connectivity index (χ0) is 13.7. The summed E-state index contributed by atoms with van der Waals surface area (Å²) in [6.45, 7) is 4.26. The van der Waals surface area contributed by atoms with E-state index in [0.29, 0.717) is 0 Å². The lowest BCUT2D eigenvalue weighted by Gasteiger charge is -2.10. The van der Waals surface area contributed by atoms with Gasteiger partial charge in [0.15, 0.2) is 0 Å². The van der Waals surface area contributed by atoms with Crippen LogP contribution < -0.4 is 5.73 Å². The van der Waals surface area contributed by atoms with Gasteiger partial charge in [0.05, 0.1) is 0 Å². The Hall–Kier alpha value is -1.68. The van der Waals surface area contributed by atoms with E-state index >= 15 is 0 Å². The Balaban J connectivity index is 2.15. The van der Waals surface area contributed by atoms with Gasteiger partial charge in [0.1, 0.15) is 11.6 Å². The smallest absolute Gasteiger partial charge is 0.137 e. The fourth-order valence-electron chi connectivity index (χ4n) is 2.08. The van der Waals surface area contributed by atoms with Gasteiger partial charge >= 0.3 is 0 Å². The van der Waals surface area contributed by atoms with Crippen molar-refractivity contribution in [1.29, 1.82) is 0 Å². The summed E-state index contributed by atoms with van der Waals surface area (Å²) in [5, 5.41) is 0. The van der Waals surface area contributed by atoms with Gasteiger partial charge in [-0.2, -0.15) is 0 Å². The first-order chi connectivity index (χ1) is 9.24. The molecule has 0 saturated heterocycles. The van der Waals surface area contributed by atoms with Gasteiger partial charge in [-0.05, 0) is 30.9 Å². The summed E-state index contributed by atoms with van der Waals surface area (Å²) in [6, 6.07) is 4.36. The molecule has 2 aromatic heterocycles. The second kappa shape index (κ2) is 6.48. The molecule has 4 nitrogen and oxygen atoms in total. The number of pyridine rings is 1. The molecule has 0 bridgehead atoms. The summed E-state index contributed by atoms with van der Waals surface area (Å²) in [4.78, 5) is 8.89. The second-order valence-corrected chi connectivity index (χ2v) is 4.86. The fourth-order valence-corrected chi connectivity index (χ4v) is 2.08. The topological polar surface area (TPSA) is 56.7 Å². The van der Waals surface area contributed by atoms with Crippen LogP contribution >= 0.6 is 0 Å². The van der Waals surface area contributed by atoms with Crippen molar-refractivity contribution in [2.24, 2.45) is 5.73 Å². The van der Waals surface area contributed by atoms with Crippen molar-refractivity contribution in [2.45, 2.75) is 45.6 Å². The lowest BCUT2D eigenvalue weighted by Crippen LogP contribution is -2.21. The molecule has 0 saturated carbocycles. The highest BCUT2D eigenvalue weighted by atomic mass is 15.1. The summed E-state index contributed by atoms with van der Waals surface area (Å²) in [6.07, 6.45) is 9.63. The molecule has 2 heterocycles. The van der Waals surface area contributed by atoms with Crippen molar-refractivity contribution < 1.29 is 0 Å². The lowest BCUT2D eigenvalue weighted by atomic mass is 10.1. The molecule has 0 aliphatic heterocycles. The molecule has 0 spiro atoms. The average molecular weight is 258 g/mol. The van der Waals surface area contributed by atoms with Crippen LogP contribution in [-0.2, 0) is 12.8 Å². The molecule has 2 N–H and O–H groups in total. The van der Waals surface area contributed by atoms with Crippen molar-refractivity contribution >= 4 is 0 Å². The van der Waals surface area contributed by atoms with E-state index in [1.165, 1.54) is 5.56 Å². The maximum absolute atomic E-state index is 5.96. The quantitative estimate of drug-likeness (QED) is 0.866. The van der Waals surface area contributed by atoms with E-state index in [-0.39, 0.29) is 6.04 Å². The van der Waals surface area contributed by atoms with Crippen LogP contribution in [0.1, 0.15) is 38.1 Å². The number of nitrogens with two attached hydrogens (primary N) is 1. The van der Waals surface area contributed by atoms with Crippen LogP contribution in [0, 0.1) is 0 Å². The van der Waals surface area contributed by atoms with Gasteiger partial charge in [-0.25, -0.2) is 9.97 Å². The molecule has 1 atom stereocenters. The number of aryl methyl sites for hydroxylation is 1. The molecule has 0 aromatic carbocycles. The van der Waals surface area contributed by atoms with Crippen LogP contribution in [0.4, 0.5) is 0 Å². The lowest BCUT2D eigenvalue weighted by molar-refractivity contribution is 0.644. The SMILES string of the molecule is CCCc1nccn1-c1ccc(CC(N)CC)cn1. The molecule has 19 heavy (non-hydrogen) atoms. The van der Waals surface area contributed by atoms with Crippen molar-refractivity contribution in [1.82, 2.24) is 14.5 Å². The number of hydrogen-bond acceptors (Lipinski definition) is 3. The first-order valence-corrected chi connectivity index (χ1v) is 6.97. The highest BCUT2D eigenvalue weighted by molar-refractivity contribution is 5.27. The first kappa shape index (κ1) is 13.7. The third-order valence-corrected chi connectivity index (χ3v) is 3.27. The zero-order valence-corrected chi connectivity index (χ0v) is 11.7. The van der Waals surface area contributed by atoms with Crippen molar-refractivity contribution in [3.63, 3.8) is 0 Å². The molecule has 0 fully saturated rings. The fraction of sp³-hybridized carbons (Fsp3) is 0.467. The van der Waals surface area contributed by atoms with E-state index in [9.17, 15) is 0 Å². The highest BCUT2D eigenvalue weighted by Crippen LogP contribution is 2.11. The predicted octanol–water partition coefficient (Wildman–Crippen LogP) is 2.50. The third-order valence-electron chi connectivity index (χ3n) is 3.27. The van der Waals surface area contributed by atoms with Crippen LogP contribution in [0.2, 0.25) is 0 Å². The standard InChI is InChI=1S/C15H22N4/c1-3-5-14-17-8-9-19(14)15-7-6-12(11-18-15)10-13(16)4-2/h6-9,11,13H,3-5,10,16H2,1-2H3. The van der Waals surface area contributed by atoms with Gasteiger partial charge < -0.3 is 5.73 Å². The second-order valence-electron chi connectivity index (χ2n) is 4.86. The number of nitrogens with zero attached hydrogens (tertiary/aromatic N) is 3. The van der Waals surface area contributed by atoms with Crippen LogP contribution in [0.25, 0.3) is 5.82 Å². The Morgan fingerprint density at radius 1 is 1.26 bits per heavy atom. The molecule has 4 heteroatoms. The van der Waals surface area contributed by atoms with Gasteiger partial charge in [-0.15, -0.1) is 0 Å². The molecule has 0 aliphatic carbocycles. The molecule has 1 unspecified atom stereocenters. The molecule has 0 radical (unpaired) electrons. The molecule has 2 aromatic rings. The van der Waals surface area contributed by atoms with E-state index < -0.39 is 0 Å². The summed E-state index contributed by atoms with van der Waals surface area (Å²) >= 11 is 0. The Morgan fingerprint density at radius 2 is 2.11 bits per heavy atom. The Kier molecular flexibility index (Phi) is 4.68. The number of aromatic nitrogens is 3. The minimum absolute atomic E-state index is 0.219. The van der Waals surface area contributed by atoms with E-state index in [1.807, 2.05) is 29.2 Å². The van der Waals surface area contributed by atoms with Gasteiger partial charge in [-0.1, -0.05) is 19.9 Å². The maximum atomic E-state index is 5.96. The molecule has 2 rings (SSSR count). The van der Waals surface area contributed by atoms with Crippen molar-refractivity contribution in [3.05, 3.63) is 42.1 Å². The predicted molar refractivity (Wildman–Crippen MR) is 77.3 cm³/mol. The molecule has 0 amide bonds. The Labute approximate surface area is 114 Å². The largest absolute Gasteiger partial charge is 0.327 e. The monoisotopic (exact) mass is 258 g/mol. The van der Waals surface area contributed by atoms with Crippen molar-refractivity contribution in [3.8, 4) is 5.82 Å². The number of imidazole rings is 1. The van der Waals surface area contributed by atoms with Gasteiger partial charge in [0, 0.05) is 31.1 Å². The summed E-state index contributed by atoms with van der Waals surface area (Å²) < 4.78 is 2.05. The minimum Gasteiger partial charge on any atom is -0.327 e. The van der Waals surface area contributed by atoms with Crippen molar-refractivity contribution in [2.75, 3.05) is 0 Å². The van der Waals surface area contributed by atoms with Crippen LogP contribution in [-0.4, -0.2) is 20.6 Å². The minimum atomic E-state index is 0.219. The van der Waals surface area contributed by atoms with E-state index in [4.69, 9.17) is 5.73 Å². The van der Waals surface area contributed by atoms with Crippen LogP contribution in [0.3, 0.4) is 0 Å². The van der Waals surface area contributed by atoms with Gasteiger partial charge in [0.2, 0.25) is 0 Å². The molecular formula is C15H22N4. The van der Waals surface area contributed by atoms with E-state index in [0.717, 1.165) is 37.3 Å². The summed E-state index contributed by atoms with van der Waals surface area (Å²) in [7, 11) is 0. The van der Waals surface area contributed by atoms with Gasteiger partial charge in [0.25, 0.3) is 0 Å². The third kappa shape index (κ3) is 3.41. The Bertz CT molecular complexity index is 501. The average Bonchev–Trinajstić information content (AvgIpc) is 2.88. The molecule has 0 aliphatic rings.